The number of anilines is 1. The molecule has 1 unspecified atom stereocenters. The molecule has 1 N–H and O–H groups in total. The van der Waals surface area contributed by atoms with Gasteiger partial charge < -0.3 is 5.32 Å². The third-order valence-corrected chi connectivity index (χ3v) is 7.46. The van der Waals surface area contributed by atoms with Crippen LogP contribution in [0.3, 0.4) is 0 Å². The Morgan fingerprint density at radius 2 is 2.10 bits per heavy atom. The van der Waals surface area contributed by atoms with Gasteiger partial charge in [0.25, 0.3) is 0 Å². The number of halogens is 1. The Balaban J connectivity index is 1.71. The van der Waals surface area contributed by atoms with E-state index >= 15 is 0 Å². The minimum atomic E-state index is -0.0840. The number of nitrogens with one attached hydrogen (secondary N) is 1. The van der Waals surface area contributed by atoms with Gasteiger partial charge in [-0.05, 0) is 59.9 Å². The zero-order valence-electron chi connectivity index (χ0n) is 16.4. The molecule has 1 fully saturated rings. The minimum Gasteiger partial charge on any atom is -0.302 e. The van der Waals surface area contributed by atoms with Crippen molar-refractivity contribution >= 4 is 45.0 Å². The van der Waals surface area contributed by atoms with Crippen LogP contribution in [-0.2, 0) is 11.2 Å². The fourth-order valence-corrected chi connectivity index (χ4v) is 5.96. The first-order chi connectivity index (χ1) is 14.0. The first-order valence-electron chi connectivity index (χ1n) is 10.0. The van der Waals surface area contributed by atoms with Gasteiger partial charge in [0.1, 0.15) is 3.70 Å². The van der Waals surface area contributed by atoms with Crippen molar-refractivity contribution in [1.29, 1.82) is 0 Å². The summed E-state index contributed by atoms with van der Waals surface area (Å²) in [5.74, 6) is 0.230. The molecule has 6 nitrogen and oxygen atoms in total. The van der Waals surface area contributed by atoms with Gasteiger partial charge in [-0.1, -0.05) is 31.1 Å². The highest BCUT2D eigenvalue weighted by atomic mass is 127. The second-order valence-electron chi connectivity index (χ2n) is 7.94. The van der Waals surface area contributed by atoms with Crippen molar-refractivity contribution in [3.8, 4) is 21.8 Å². The molecule has 3 heterocycles. The summed E-state index contributed by atoms with van der Waals surface area (Å²) >= 11 is 3.81. The van der Waals surface area contributed by atoms with Crippen LogP contribution in [0, 0.1) is 3.70 Å². The molecule has 29 heavy (non-hydrogen) atoms. The third kappa shape index (κ3) is 3.39. The number of amides is 1. The molecular formula is C21H22IN5OS. The van der Waals surface area contributed by atoms with Gasteiger partial charge in [0.2, 0.25) is 5.91 Å². The molecule has 1 atom stereocenters. The molecule has 0 radical (unpaired) electrons. The summed E-state index contributed by atoms with van der Waals surface area (Å²) in [5.41, 5.74) is 5.69. The lowest BCUT2D eigenvalue weighted by Gasteiger charge is -2.22. The topological polar surface area (TPSA) is 72.7 Å². The van der Waals surface area contributed by atoms with E-state index in [4.69, 9.17) is 10.1 Å². The quantitative estimate of drug-likeness (QED) is 0.371. The second-order valence-corrected chi connectivity index (χ2v) is 10.0. The molecule has 0 spiro atoms. The van der Waals surface area contributed by atoms with Crippen LogP contribution in [0.2, 0.25) is 0 Å². The maximum absolute atomic E-state index is 11.6. The summed E-state index contributed by atoms with van der Waals surface area (Å²) in [4.78, 5) is 21.9. The van der Waals surface area contributed by atoms with Crippen LogP contribution in [0.1, 0.15) is 62.7 Å². The predicted octanol–water partition coefficient (Wildman–Crippen LogP) is 5.41. The lowest BCUT2D eigenvalue weighted by molar-refractivity contribution is -0.114. The third-order valence-electron chi connectivity index (χ3n) is 5.81. The van der Waals surface area contributed by atoms with Gasteiger partial charge in [-0.25, -0.2) is 9.97 Å². The van der Waals surface area contributed by atoms with E-state index in [1.807, 2.05) is 12.3 Å². The highest BCUT2D eigenvalue weighted by Crippen LogP contribution is 2.49. The van der Waals surface area contributed by atoms with Crippen LogP contribution >= 0.6 is 33.9 Å². The summed E-state index contributed by atoms with van der Waals surface area (Å²) in [6.07, 6.45) is 7.63. The number of thiazole rings is 1. The molecule has 0 bridgehead atoms. The molecule has 1 amide bonds. The maximum atomic E-state index is 11.6. The molecule has 2 aliphatic carbocycles. The van der Waals surface area contributed by atoms with E-state index in [9.17, 15) is 4.79 Å². The Hall–Kier alpha value is -1.81. The van der Waals surface area contributed by atoms with Gasteiger partial charge in [0.15, 0.2) is 5.13 Å². The number of pyridine rings is 1. The lowest BCUT2D eigenvalue weighted by atomic mass is 9.86. The Bertz CT molecular complexity index is 1080. The van der Waals surface area contributed by atoms with E-state index in [1.165, 1.54) is 43.9 Å². The molecule has 8 heteroatoms. The number of rotatable bonds is 3. The van der Waals surface area contributed by atoms with Crippen molar-refractivity contribution in [1.82, 2.24) is 19.7 Å². The fourth-order valence-electron chi connectivity index (χ4n) is 4.55. The van der Waals surface area contributed by atoms with Crippen LogP contribution < -0.4 is 5.32 Å². The standard InChI is InChI=1S/C21H22IN5OS/c1-11-9-15-20(29-21(25-15)24-12(2)28)19-17(11)18(13-7-8-16(22)23-10-13)26-27(19)14-5-3-4-6-14/h7-8,10-11,14H,3-6,9H2,1-2H3,(H,24,25,28). The Labute approximate surface area is 187 Å². The molecule has 2 aliphatic rings. The largest absolute Gasteiger partial charge is 0.302 e. The van der Waals surface area contributed by atoms with Gasteiger partial charge in [0.05, 0.1) is 28.0 Å². The normalized spacial score (nSPS) is 18.5. The number of aromatic nitrogens is 4. The van der Waals surface area contributed by atoms with Crippen LogP contribution in [0.25, 0.3) is 21.8 Å². The Kier molecular flexibility index (Phi) is 4.93. The van der Waals surface area contributed by atoms with Gasteiger partial charge in [-0.3, -0.25) is 9.48 Å². The van der Waals surface area contributed by atoms with Gasteiger partial charge in [-0.15, -0.1) is 0 Å². The van der Waals surface area contributed by atoms with E-state index in [0.29, 0.717) is 17.1 Å². The molecule has 1 saturated carbocycles. The SMILES string of the molecule is CC(=O)Nc1nc2c(s1)-c1c(c(-c3ccc(I)nc3)nn1C1CCCC1)C(C)C2. The van der Waals surface area contributed by atoms with Crippen LogP contribution in [0.4, 0.5) is 5.13 Å². The Morgan fingerprint density at radius 3 is 2.79 bits per heavy atom. The summed E-state index contributed by atoms with van der Waals surface area (Å²) in [5, 5.41) is 8.71. The van der Waals surface area contributed by atoms with E-state index in [2.05, 4.69) is 50.6 Å². The highest BCUT2D eigenvalue weighted by molar-refractivity contribution is 14.1. The van der Waals surface area contributed by atoms with E-state index < -0.39 is 0 Å². The first-order valence-corrected chi connectivity index (χ1v) is 11.9. The fraction of sp³-hybridized carbons (Fsp3) is 0.429. The zero-order chi connectivity index (χ0) is 20.1. The number of carbonyl (C=O) groups excluding carboxylic acids is 1. The maximum Gasteiger partial charge on any atom is 0.223 e. The minimum absolute atomic E-state index is 0.0840. The van der Waals surface area contributed by atoms with Gasteiger partial charge in [-0.2, -0.15) is 5.10 Å². The molecule has 0 saturated heterocycles. The number of fused-ring (bicyclic) bond motifs is 3. The molecule has 150 valence electrons. The molecule has 3 aromatic rings. The number of carbonyl (C=O) groups is 1. The van der Waals surface area contributed by atoms with E-state index in [1.54, 1.807) is 11.3 Å². The van der Waals surface area contributed by atoms with Gasteiger partial charge in [0, 0.05) is 24.2 Å². The van der Waals surface area contributed by atoms with Crippen molar-refractivity contribution in [3.05, 3.63) is 33.3 Å². The second kappa shape index (κ2) is 7.46. The average molecular weight is 519 g/mol. The van der Waals surface area contributed by atoms with Gasteiger partial charge >= 0.3 is 0 Å². The van der Waals surface area contributed by atoms with E-state index in [0.717, 1.165) is 31.9 Å². The molecule has 3 aromatic heterocycles. The molecular weight excluding hydrogens is 497 g/mol. The number of hydrogen-bond donors (Lipinski definition) is 1. The van der Waals surface area contributed by atoms with Crippen molar-refractivity contribution in [2.45, 2.75) is 57.9 Å². The molecule has 5 rings (SSSR count). The van der Waals surface area contributed by atoms with Crippen LogP contribution in [-0.4, -0.2) is 25.7 Å². The van der Waals surface area contributed by atoms with Crippen LogP contribution in [0.15, 0.2) is 18.3 Å². The monoisotopic (exact) mass is 519 g/mol. The molecule has 0 aromatic carbocycles. The number of nitrogens with zero attached hydrogens (tertiary/aromatic N) is 4. The highest BCUT2D eigenvalue weighted by Gasteiger charge is 2.35. The van der Waals surface area contributed by atoms with Crippen molar-refractivity contribution in [3.63, 3.8) is 0 Å². The first kappa shape index (κ1) is 19.2. The summed E-state index contributed by atoms with van der Waals surface area (Å²) in [6, 6.07) is 4.59. The van der Waals surface area contributed by atoms with Crippen molar-refractivity contribution < 1.29 is 4.79 Å². The average Bonchev–Trinajstić information content (AvgIpc) is 3.39. The van der Waals surface area contributed by atoms with Crippen LogP contribution in [0.5, 0.6) is 0 Å². The van der Waals surface area contributed by atoms with Crippen molar-refractivity contribution in [2.75, 3.05) is 5.32 Å². The summed E-state index contributed by atoms with van der Waals surface area (Å²) in [6.45, 7) is 3.78. The predicted molar refractivity (Wildman–Crippen MR) is 123 cm³/mol. The number of hydrogen-bond acceptors (Lipinski definition) is 5. The lowest BCUT2D eigenvalue weighted by Crippen LogP contribution is -2.13. The summed E-state index contributed by atoms with van der Waals surface area (Å²) < 4.78 is 3.24. The smallest absolute Gasteiger partial charge is 0.223 e. The Morgan fingerprint density at radius 1 is 1.31 bits per heavy atom. The summed E-state index contributed by atoms with van der Waals surface area (Å²) in [7, 11) is 0. The van der Waals surface area contributed by atoms with Crippen molar-refractivity contribution in [2.24, 2.45) is 0 Å². The zero-order valence-corrected chi connectivity index (χ0v) is 19.4. The molecule has 0 aliphatic heterocycles. The van der Waals surface area contributed by atoms with E-state index in [-0.39, 0.29) is 5.91 Å².